The maximum Gasteiger partial charge on any atom is 0.255 e. The molecule has 8 heteroatoms. The second-order valence-electron chi connectivity index (χ2n) is 5.81. The highest BCUT2D eigenvalue weighted by atomic mass is 16.5. The molecule has 1 atom stereocenters. The molecule has 140 valence electrons. The molecule has 1 heterocycles. The number of hydrogen-bond donors (Lipinski definition) is 2. The van der Waals surface area contributed by atoms with E-state index >= 15 is 0 Å². The molecule has 1 amide bonds. The SMILES string of the molecule is COc1ccc(NC(C)c2nc(-c3ccccc3)no2)cc1OCC(N)=O. The molecule has 0 spiro atoms. The van der Waals surface area contributed by atoms with Gasteiger partial charge in [0, 0.05) is 17.3 Å². The summed E-state index contributed by atoms with van der Waals surface area (Å²) in [6.07, 6.45) is 0. The third kappa shape index (κ3) is 4.55. The summed E-state index contributed by atoms with van der Waals surface area (Å²) in [6, 6.07) is 14.6. The van der Waals surface area contributed by atoms with Crippen molar-refractivity contribution >= 4 is 11.6 Å². The summed E-state index contributed by atoms with van der Waals surface area (Å²) >= 11 is 0. The number of methoxy groups -OCH3 is 1. The molecule has 0 bridgehead atoms. The van der Waals surface area contributed by atoms with E-state index in [1.807, 2.05) is 43.3 Å². The monoisotopic (exact) mass is 368 g/mol. The quantitative estimate of drug-likeness (QED) is 0.628. The standard InChI is InChI=1S/C19H20N4O4/c1-12(19-22-18(23-27-19)13-6-4-3-5-7-13)21-14-8-9-15(25-2)16(10-14)26-11-17(20)24/h3-10,12,21H,11H2,1-2H3,(H2,20,24). The largest absolute Gasteiger partial charge is 0.493 e. The summed E-state index contributed by atoms with van der Waals surface area (Å²) in [7, 11) is 1.52. The minimum Gasteiger partial charge on any atom is -0.493 e. The molecular formula is C19H20N4O4. The first-order chi connectivity index (χ1) is 13.1. The van der Waals surface area contributed by atoms with E-state index in [1.165, 1.54) is 7.11 Å². The van der Waals surface area contributed by atoms with Gasteiger partial charge < -0.3 is 25.0 Å². The molecule has 8 nitrogen and oxygen atoms in total. The highest BCUT2D eigenvalue weighted by Crippen LogP contribution is 2.31. The summed E-state index contributed by atoms with van der Waals surface area (Å²) < 4.78 is 16.0. The first-order valence-electron chi connectivity index (χ1n) is 8.31. The number of primary amides is 1. The van der Waals surface area contributed by atoms with Crippen molar-refractivity contribution in [3.05, 3.63) is 54.4 Å². The van der Waals surface area contributed by atoms with E-state index in [1.54, 1.807) is 12.1 Å². The van der Waals surface area contributed by atoms with E-state index in [2.05, 4.69) is 15.5 Å². The average molecular weight is 368 g/mol. The number of amides is 1. The molecule has 0 fully saturated rings. The zero-order chi connectivity index (χ0) is 19.2. The number of aromatic nitrogens is 2. The Morgan fingerprint density at radius 1 is 1.22 bits per heavy atom. The van der Waals surface area contributed by atoms with Crippen molar-refractivity contribution in [3.63, 3.8) is 0 Å². The number of carbonyl (C=O) groups is 1. The Hall–Kier alpha value is -3.55. The number of hydrogen-bond acceptors (Lipinski definition) is 7. The number of anilines is 1. The first-order valence-corrected chi connectivity index (χ1v) is 8.31. The van der Waals surface area contributed by atoms with Crippen molar-refractivity contribution in [3.8, 4) is 22.9 Å². The smallest absolute Gasteiger partial charge is 0.255 e. The molecule has 2 aromatic carbocycles. The Balaban J connectivity index is 1.74. The van der Waals surface area contributed by atoms with Crippen molar-refractivity contribution in [2.45, 2.75) is 13.0 Å². The van der Waals surface area contributed by atoms with Crippen molar-refractivity contribution in [1.29, 1.82) is 0 Å². The van der Waals surface area contributed by atoms with Crippen LogP contribution in [-0.2, 0) is 4.79 Å². The molecule has 0 saturated carbocycles. The van der Waals surface area contributed by atoms with E-state index in [4.69, 9.17) is 19.7 Å². The van der Waals surface area contributed by atoms with Gasteiger partial charge in [-0.25, -0.2) is 0 Å². The molecule has 27 heavy (non-hydrogen) atoms. The van der Waals surface area contributed by atoms with Crippen LogP contribution in [0.2, 0.25) is 0 Å². The number of nitrogens with one attached hydrogen (secondary N) is 1. The van der Waals surface area contributed by atoms with Crippen molar-refractivity contribution in [2.75, 3.05) is 19.0 Å². The van der Waals surface area contributed by atoms with Crippen LogP contribution in [-0.4, -0.2) is 29.8 Å². The fourth-order valence-electron chi connectivity index (χ4n) is 2.46. The second kappa shape index (κ2) is 8.22. The van der Waals surface area contributed by atoms with Crippen LogP contribution in [0, 0.1) is 0 Å². The molecule has 0 radical (unpaired) electrons. The normalized spacial score (nSPS) is 11.6. The van der Waals surface area contributed by atoms with Gasteiger partial charge in [0.1, 0.15) is 6.04 Å². The summed E-state index contributed by atoms with van der Waals surface area (Å²) in [5.41, 5.74) is 6.75. The minimum absolute atomic E-state index is 0.237. The molecule has 0 aliphatic carbocycles. The molecule has 1 unspecified atom stereocenters. The predicted molar refractivity (Wildman–Crippen MR) is 99.5 cm³/mol. The van der Waals surface area contributed by atoms with E-state index in [-0.39, 0.29) is 12.6 Å². The van der Waals surface area contributed by atoms with Crippen molar-refractivity contribution < 1.29 is 18.8 Å². The van der Waals surface area contributed by atoms with Crippen molar-refractivity contribution in [1.82, 2.24) is 10.1 Å². The van der Waals surface area contributed by atoms with Gasteiger partial charge in [0.15, 0.2) is 18.1 Å². The van der Waals surface area contributed by atoms with E-state index in [0.717, 1.165) is 11.3 Å². The summed E-state index contributed by atoms with van der Waals surface area (Å²) in [4.78, 5) is 15.4. The van der Waals surface area contributed by atoms with Crippen LogP contribution in [0.4, 0.5) is 5.69 Å². The highest BCUT2D eigenvalue weighted by Gasteiger charge is 2.16. The summed E-state index contributed by atoms with van der Waals surface area (Å²) in [5, 5.41) is 7.28. The Morgan fingerprint density at radius 3 is 2.70 bits per heavy atom. The molecule has 3 N–H and O–H groups in total. The van der Waals surface area contributed by atoms with Gasteiger partial charge in [-0.15, -0.1) is 0 Å². The fraction of sp³-hybridized carbons (Fsp3) is 0.211. The summed E-state index contributed by atoms with van der Waals surface area (Å²) in [6.45, 7) is 1.66. The van der Waals surface area contributed by atoms with Gasteiger partial charge >= 0.3 is 0 Å². The van der Waals surface area contributed by atoms with Crippen LogP contribution in [0.25, 0.3) is 11.4 Å². The summed E-state index contributed by atoms with van der Waals surface area (Å²) in [5.74, 6) is 1.31. The molecule has 3 aromatic rings. The fourth-order valence-corrected chi connectivity index (χ4v) is 2.46. The van der Waals surface area contributed by atoms with Gasteiger partial charge in [-0.2, -0.15) is 4.98 Å². The van der Waals surface area contributed by atoms with Crippen LogP contribution in [0.3, 0.4) is 0 Å². The Labute approximate surface area is 156 Å². The number of benzene rings is 2. The zero-order valence-corrected chi connectivity index (χ0v) is 15.0. The Kier molecular flexibility index (Phi) is 5.55. The Morgan fingerprint density at radius 2 is 2.00 bits per heavy atom. The third-order valence-electron chi connectivity index (χ3n) is 3.76. The van der Waals surface area contributed by atoms with Gasteiger partial charge in [0.2, 0.25) is 11.7 Å². The van der Waals surface area contributed by atoms with Gasteiger partial charge in [-0.05, 0) is 19.1 Å². The maximum absolute atomic E-state index is 11.0. The van der Waals surface area contributed by atoms with E-state index < -0.39 is 5.91 Å². The van der Waals surface area contributed by atoms with Crippen LogP contribution < -0.4 is 20.5 Å². The lowest BCUT2D eigenvalue weighted by Gasteiger charge is -2.14. The molecule has 1 aromatic heterocycles. The molecule has 0 aliphatic rings. The third-order valence-corrected chi connectivity index (χ3v) is 3.76. The van der Waals surface area contributed by atoms with Gasteiger partial charge in [-0.1, -0.05) is 35.5 Å². The number of nitrogens with zero attached hydrogens (tertiary/aromatic N) is 2. The minimum atomic E-state index is -0.567. The lowest BCUT2D eigenvalue weighted by molar-refractivity contribution is -0.119. The number of carbonyl (C=O) groups excluding carboxylic acids is 1. The van der Waals surface area contributed by atoms with Gasteiger partial charge in [0.05, 0.1) is 7.11 Å². The lowest BCUT2D eigenvalue weighted by Crippen LogP contribution is -2.20. The highest BCUT2D eigenvalue weighted by molar-refractivity contribution is 5.75. The second-order valence-corrected chi connectivity index (χ2v) is 5.81. The zero-order valence-electron chi connectivity index (χ0n) is 15.0. The van der Waals surface area contributed by atoms with E-state index in [0.29, 0.717) is 23.2 Å². The molecular weight excluding hydrogens is 348 g/mol. The van der Waals surface area contributed by atoms with E-state index in [9.17, 15) is 4.79 Å². The topological polar surface area (TPSA) is 112 Å². The van der Waals surface area contributed by atoms with Crippen molar-refractivity contribution in [2.24, 2.45) is 5.73 Å². The lowest BCUT2D eigenvalue weighted by atomic mass is 10.2. The number of rotatable bonds is 8. The van der Waals surface area contributed by atoms with Crippen LogP contribution in [0.15, 0.2) is 53.1 Å². The van der Waals surface area contributed by atoms with Gasteiger partial charge in [0.25, 0.3) is 5.91 Å². The van der Waals surface area contributed by atoms with Crippen LogP contribution in [0.1, 0.15) is 18.9 Å². The maximum atomic E-state index is 11.0. The number of nitrogens with two attached hydrogens (primary N) is 1. The predicted octanol–water partition coefficient (Wildman–Crippen LogP) is 2.78. The average Bonchev–Trinajstić information content (AvgIpc) is 3.17. The molecule has 3 rings (SSSR count). The molecule has 0 saturated heterocycles. The van der Waals surface area contributed by atoms with Gasteiger partial charge in [-0.3, -0.25) is 4.79 Å². The van der Waals surface area contributed by atoms with Crippen LogP contribution in [0.5, 0.6) is 11.5 Å². The Bertz CT molecular complexity index is 911. The number of ether oxygens (including phenoxy) is 2. The molecule has 0 aliphatic heterocycles. The first kappa shape index (κ1) is 18.2. The van der Waals surface area contributed by atoms with Crippen LogP contribution >= 0.6 is 0 Å².